The van der Waals surface area contributed by atoms with Gasteiger partial charge in [0.1, 0.15) is 5.75 Å². The van der Waals surface area contributed by atoms with Crippen molar-refractivity contribution in [2.24, 2.45) is 5.92 Å². The van der Waals surface area contributed by atoms with Gasteiger partial charge in [-0.2, -0.15) is 0 Å². The minimum absolute atomic E-state index is 0.0687. The van der Waals surface area contributed by atoms with Crippen molar-refractivity contribution in [3.63, 3.8) is 0 Å². The van der Waals surface area contributed by atoms with Crippen molar-refractivity contribution in [2.45, 2.75) is 38.1 Å². The van der Waals surface area contributed by atoms with Gasteiger partial charge in [0.15, 0.2) is 0 Å². The van der Waals surface area contributed by atoms with Crippen molar-refractivity contribution in [1.82, 2.24) is 5.32 Å². The lowest BCUT2D eigenvalue weighted by molar-refractivity contribution is 0.0869. The summed E-state index contributed by atoms with van der Waals surface area (Å²) in [6, 6.07) is 4.44. The van der Waals surface area contributed by atoms with E-state index in [0.717, 1.165) is 25.7 Å². The fourth-order valence-corrected chi connectivity index (χ4v) is 3.11. The molecule has 1 aromatic carbocycles. The number of rotatable bonds is 3. The Balaban J connectivity index is 2.15. The Kier molecular flexibility index (Phi) is 4.82. The number of aromatic hydroxyl groups is 1. The average molecular weight is 316 g/mol. The van der Waals surface area contributed by atoms with E-state index in [4.69, 9.17) is 23.2 Å². The number of carbonyl (C=O) groups is 1. The third kappa shape index (κ3) is 3.39. The first-order chi connectivity index (χ1) is 9.46. The summed E-state index contributed by atoms with van der Waals surface area (Å²) in [4.78, 5) is 12.3. The van der Waals surface area contributed by atoms with Crippen LogP contribution in [0.15, 0.2) is 18.2 Å². The van der Waals surface area contributed by atoms with Crippen LogP contribution in [0.4, 0.5) is 0 Å². The van der Waals surface area contributed by atoms with Crippen LogP contribution >= 0.6 is 23.2 Å². The van der Waals surface area contributed by atoms with Crippen molar-refractivity contribution < 1.29 is 9.90 Å². The molecule has 0 aliphatic heterocycles. The molecule has 2 N–H and O–H groups in total. The predicted molar refractivity (Wildman–Crippen MR) is 81.7 cm³/mol. The van der Waals surface area contributed by atoms with E-state index in [-0.39, 0.29) is 22.8 Å². The smallest absolute Gasteiger partial charge is 0.255 e. The maximum atomic E-state index is 12.3. The number of halogens is 2. The fourth-order valence-electron chi connectivity index (χ4n) is 2.61. The Morgan fingerprint density at radius 2 is 2.10 bits per heavy atom. The minimum atomic E-state index is -0.375. The molecule has 0 bridgehead atoms. The van der Waals surface area contributed by atoms with Gasteiger partial charge in [-0.25, -0.2) is 0 Å². The molecule has 110 valence electrons. The molecule has 2 rings (SSSR count). The molecule has 0 unspecified atom stereocenters. The van der Waals surface area contributed by atoms with Crippen molar-refractivity contribution in [1.29, 1.82) is 0 Å². The van der Waals surface area contributed by atoms with Crippen molar-refractivity contribution in [3.8, 4) is 5.75 Å². The number of carbonyl (C=O) groups excluding carboxylic acids is 1. The quantitative estimate of drug-likeness (QED) is 0.829. The van der Waals surface area contributed by atoms with E-state index in [0.29, 0.717) is 16.8 Å². The number of amides is 1. The van der Waals surface area contributed by atoms with Gasteiger partial charge in [-0.1, -0.05) is 18.5 Å². The number of phenolic OH excluding ortho intramolecular Hbond substituents is 1. The Hall–Kier alpha value is -0.930. The zero-order valence-electron chi connectivity index (χ0n) is 11.5. The van der Waals surface area contributed by atoms with Gasteiger partial charge in [0.25, 0.3) is 5.91 Å². The highest BCUT2D eigenvalue weighted by atomic mass is 35.5. The van der Waals surface area contributed by atoms with Gasteiger partial charge in [0, 0.05) is 10.9 Å². The highest BCUT2D eigenvalue weighted by Gasteiger charge is 2.35. The molecule has 20 heavy (non-hydrogen) atoms. The van der Waals surface area contributed by atoms with Crippen LogP contribution in [-0.4, -0.2) is 22.4 Å². The van der Waals surface area contributed by atoms with Gasteiger partial charge in [0.2, 0.25) is 0 Å². The lowest BCUT2D eigenvalue weighted by Crippen LogP contribution is -2.52. The number of phenols is 1. The van der Waals surface area contributed by atoms with E-state index in [1.165, 1.54) is 12.1 Å². The molecule has 0 atom stereocenters. The standard InChI is InChI=1S/C15H19Cl2NO2/c1-10-4-6-15(9-16,7-5-10)18-14(20)12-8-11(17)2-3-13(12)19/h2-3,8,10,19H,4-7,9H2,1H3,(H,18,20). The maximum Gasteiger partial charge on any atom is 0.255 e. The second-order valence-corrected chi connectivity index (χ2v) is 6.42. The molecule has 1 aliphatic carbocycles. The fraction of sp³-hybridized carbons (Fsp3) is 0.533. The zero-order valence-corrected chi connectivity index (χ0v) is 13.0. The monoisotopic (exact) mass is 315 g/mol. The van der Waals surface area contributed by atoms with E-state index in [1.54, 1.807) is 6.07 Å². The second kappa shape index (κ2) is 6.23. The minimum Gasteiger partial charge on any atom is -0.507 e. The van der Waals surface area contributed by atoms with Gasteiger partial charge in [-0.05, 0) is 49.8 Å². The zero-order chi connectivity index (χ0) is 14.8. The van der Waals surface area contributed by atoms with Crippen LogP contribution in [0.3, 0.4) is 0 Å². The lowest BCUT2D eigenvalue weighted by atomic mass is 9.78. The molecular formula is C15H19Cl2NO2. The number of alkyl halides is 1. The number of hydrogen-bond acceptors (Lipinski definition) is 2. The summed E-state index contributed by atoms with van der Waals surface area (Å²) in [6.45, 7) is 2.21. The summed E-state index contributed by atoms with van der Waals surface area (Å²) in [5, 5.41) is 13.2. The summed E-state index contributed by atoms with van der Waals surface area (Å²) in [5.74, 6) is 0.663. The summed E-state index contributed by atoms with van der Waals surface area (Å²) >= 11 is 12.0. The van der Waals surface area contributed by atoms with Crippen molar-refractivity contribution in [3.05, 3.63) is 28.8 Å². The maximum absolute atomic E-state index is 12.3. The van der Waals surface area contributed by atoms with Gasteiger partial charge >= 0.3 is 0 Å². The van der Waals surface area contributed by atoms with E-state index in [2.05, 4.69) is 12.2 Å². The van der Waals surface area contributed by atoms with Crippen molar-refractivity contribution >= 4 is 29.1 Å². The van der Waals surface area contributed by atoms with E-state index in [9.17, 15) is 9.90 Å². The third-order valence-electron chi connectivity index (χ3n) is 4.07. The predicted octanol–water partition coefficient (Wildman–Crippen LogP) is 3.96. The van der Waals surface area contributed by atoms with E-state index < -0.39 is 0 Å². The number of hydrogen-bond donors (Lipinski definition) is 2. The third-order valence-corrected chi connectivity index (χ3v) is 4.82. The molecule has 0 aromatic heterocycles. The van der Waals surface area contributed by atoms with Crippen LogP contribution in [0, 0.1) is 5.92 Å². The first kappa shape index (κ1) is 15.5. The Labute approximate surface area is 129 Å². The molecular weight excluding hydrogens is 297 g/mol. The van der Waals surface area contributed by atoms with E-state index >= 15 is 0 Å². The molecule has 1 saturated carbocycles. The summed E-state index contributed by atoms with van der Waals surface area (Å²) in [5.41, 5.74) is -0.180. The SMILES string of the molecule is CC1CCC(CCl)(NC(=O)c2cc(Cl)ccc2O)CC1. The van der Waals surface area contributed by atoms with Crippen molar-refractivity contribution in [2.75, 3.05) is 5.88 Å². The Bertz CT molecular complexity index is 497. The average Bonchev–Trinajstić information content (AvgIpc) is 2.44. The van der Waals surface area contributed by atoms with Gasteiger partial charge in [0.05, 0.1) is 11.1 Å². The van der Waals surface area contributed by atoms with Crippen LogP contribution in [0.2, 0.25) is 5.02 Å². The first-order valence-corrected chi connectivity index (χ1v) is 7.74. The Morgan fingerprint density at radius 3 is 2.70 bits per heavy atom. The molecule has 3 nitrogen and oxygen atoms in total. The molecule has 0 heterocycles. The summed E-state index contributed by atoms with van der Waals surface area (Å²) in [6.07, 6.45) is 3.83. The van der Waals surface area contributed by atoms with Gasteiger partial charge < -0.3 is 10.4 Å². The summed E-state index contributed by atoms with van der Waals surface area (Å²) < 4.78 is 0. The summed E-state index contributed by atoms with van der Waals surface area (Å²) in [7, 11) is 0. The number of benzene rings is 1. The van der Waals surface area contributed by atoms with Crippen LogP contribution in [0.5, 0.6) is 5.75 Å². The normalized spacial score (nSPS) is 26.2. The molecule has 1 aromatic rings. The topological polar surface area (TPSA) is 49.3 Å². The molecule has 5 heteroatoms. The van der Waals surface area contributed by atoms with E-state index in [1.807, 2.05) is 0 Å². The molecule has 1 aliphatic rings. The molecule has 1 fully saturated rings. The first-order valence-electron chi connectivity index (χ1n) is 6.83. The van der Waals surface area contributed by atoms with Crippen LogP contribution < -0.4 is 5.32 Å². The van der Waals surface area contributed by atoms with Crippen LogP contribution in [-0.2, 0) is 0 Å². The lowest BCUT2D eigenvalue weighted by Gasteiger charge is -2.38. The number of nitrogens with one attached hydrogen (secondary N) is 1. The second-order valence-electron chi connectivity index (χ2n) is 5.71. The van der Waals surface area contributed by atoms with Gasteiger partial charge in [-0.3, -0.25) is 4.79 Å². The molecule has 0 spiro atoms. The highest BCUT2D eigenvalue weighted by molar-refractivity contribution is 6.31. The molecule has 0 radical (unpaired) electrons. The molecule has 0 saturated heterocycles. The largest absolute Gasteiger partial charge is 0.507 e. The highest BCUT2D eigenvalue weighted by Crippen LogP contribution is 2.33. The molecule has 1 amide bonds. The Morgan fingerprint density at radius 1 is 1.45 bits per heavy atom. The van der Waals surface area contributed by atoms with Crippen LogP contribution in [0.1, 0.15) is 43.0 Å². The van der Waals surface area contributed by atoms with Crippen LogP contribution in [0.25, 0.3) is 0 Å². The van der Waals surface area contributed by atoms with Gasteiger partial charge in [-0.15, -0.1) is 11.6 Å².